The van der Waals surface area contributed by atoms with Crippen LogP contribution in [-0.2, 0) is 19.1 Å². The second kappa shape index (κ2) is 7.01. The van der Waals surface area contributed by atoms with E-state index >= 15 is 0 Å². The molecule has 1 heterocycles. The summed E-state index contributed by atoms with van der Waals surface area (Å²) >= 11 is 0. The second-order valence-corrected chi connectivity index (χ2v) is 9.69. The molecule has 1 saturated heterocycles. The van der Waals surface area contributed by atoms with Crippen LogP contribution in [0.25, 0.3) is 0 Å². The van der Waals surface area contributed by atoms with Crippen LogP contribution < -0.4 is 0 Å². The van der Waals surface area contributed by atoms with Gasteiger partial charge in [-0.3, -0.25) is 9.59 Å². The fourth-order valence-corrected chi connectivity index (χ4v) is 6.23. The minimum absolute atomic E-state index is 0.0445. The van der Waals surface area contributed by atoms with Gasteiger partial charge in [0.2, 0.25) is 0 Å². The largest absolute Gasteiger partial charge is 0.466 e. The zero-order valence-corrected chi connectivity index (χ0v) is 16.8. The van der Waals surface area contributed by atoms with Crippen molar-refractivity contribution in [3.63, 3.8) is 0 Å². The van der Waals surface area contributed by atoms with Crippen molar-refractivity contribution in [2.75, 3.05) is 13.2 Å². The van der Waals surface area contributed by atoms with Gasteiger partial charge < -0.3 is 9.47 Å². The molecule has 3 rings (SSSR count). The lowest BCUT2D eigenvalue weighted by molar-refractivity contribution is -0.164. The van der Waals surface area contributed by atoms with Crippen molar-refractivity contribution in [1.29, 1.82) is 0 Å². The first-order chi connectivity index (χ1) is 12.1. The molecule has 0 aromatic rings. The van der Waals surface area contributed by atoms with Gasteiger partial charge in [-0.1, -0.05) is 32.9 Å². The molecular formula is C22H34O4. The molecule has 0 N–H and O–H groups in total. The van der Waals surface area contributed by atoms with E-state index in [0.717, 1.165) is 12.8 Å². The summed E-state index contributed by atoms with van der Waals surface area (Å²) < 4.78 is 10.8. The molecule has 4 nitrogen and oxygen atoms in total. The van der Waals surface area contributed by atoms with E-state index in [1.165, 1.54) is 31.8 Å². The lowest BCUT2D eigenvalue weighted by Gasteiger charge is -2.47. The third-order valence-electron chi connectivity index (χ3n) is 7.64. The Morgan fingerprint density at radius 1 is 1.27 bits per heavy atom. The van der Waals surface area contributed by atoms with Gasteiger partial charge in [0.15, 0.2) is 0 Å². The topological polar surface area (TPSA) is 52.6 Å². The van der Waals surface area contributed by atoms with Gasteiger partial charge in [-0.05, 0) is 54.8 Å². The summed E-state index contributed by atoms with van der Waals surface area (Å²) in [6, 6.07) is 0. The fraction of sp³-hybridized carbons (Fsp3) is 0.818. The van der Waals surface area contributed by atoms with E-state index in [1.54, 1.807) is 0 Å². The van der Waals surface area contributed by atoms with E-state index in [9.17, 15) is 9.59 Å². The summed E-state index contributed by atoms with van der Waals surface area (Å²) in [5, 5.41) is 0. The monoisotopic (exact) mass is 362 g/mol. The molecular weight excluding hydrogens is 328 g/mol. The van der Waals surface area contributed by atoms with Gasteiger partial charge in [0.1, 0.15) is 0 Å². The normalized spacial score (nSPS) is 39.7. The number of hydrogen-bond donors (Lipinski definition) is 0. The Bertz CT molecular complexity index is 593. The van der Waals surface area contributed by atoms with Crippen molar-refractivity contribution >= 4 is 11.9 Å². The van der Waals surface area contributed by atoms with E-state index in [2.05, 4.69) is 27.4 Å². The maximum Gasteiger partial charge on any atom is 0.306 e. The SMILES string of the molecule is C=C1CCCC(C)(C)C2CCC(C)(C3COC(=O)CC3COC(C)=O)C12. The molecule has 3 aliphatic rings. The maximum atomic E-state index is 11.9. The molecule has 4 heteroatoms. The number of ether oxygens (including phenoxy) is 2. The number of allylic oxidation sites excluding steroid dienone is 1. The quantitative estimate of drug-likeness (QED) is 0.547. The number of cyclic esters (lactones) is 1. The lowest BCUT2D eigenvalue weighted by Crippen LogP contribution is -2.47. The molecule has 0 amide bonds. The van der Waals surface area contributed by atoms with E-state index in [-0.39, 0.29) is 29.2 Å². The van der Waals surface area contributed by atoms with Crippen LogP contribution in [0.1, 0.15) is 66.2 Å². The highest BCUT2D eigenvalue weighted by molar-refractivity contribution is 5.70. The first kappa shape index (κ1) is 19.4. The van der Waals surface area contributed by atoms with Crippen LogP contribution in [0.2, 0.25) is 0 Å². The molecule has 1 aliphatic heterocycles. The van der Waals surface area contributed by atoms with Gasteiger partial charge in [-0.15, -0.1) is 0 Å². The summed E-state index contributed by atoms with van der Waals surface area (Å²) in [5.74, 6) is 0.910. The Morgan fingerprint density at radius 2 is 2.00 bits per heavy atom. The Kier molecular flexibility index (Phi) is 5.24. The lowest BCUT2D eigenvalue weighted by atomic mass is 9.59. The minimum atomic E-state index is -0.280. The summed E-state index contributed by atoms with van der Waals surface area (Å²) in [4.78, 5) is 23.2. The molecule has 0 aromatic heterocycles. The van der Waals surface area contributed by atoms with E-state index in [4.69, 9.17) is 9.47 Å². The molecule has 146 valence electrons. The smallest absolute Gasteiger partial charge is 0.306 e. The highest BCUT2D eigenvalue weighted by Crippen LogP contribution is 2.63. The van der Waals surface area contributed by atoms with Crippen LogP contribution in [0.3, 0.4) is 0 Å². The van der Waals surface area contributed by atoms with Crippen molar-refractivity contribution in [2.24, 2.45) is 34.5 Å². The van der Waals surface area contributed by atoms with E-state index in [0.29, 0.717) is 36.9 Å². The van der Waals surface area contributed by atoms with Crippen LogP contribution in [0.15, 0.2) is 12.2 Å². The zero-order chi connectivity index (χ0) is 19.1. The van der Waals surface area contributed by atoms with E-state index < -0.39 is 0 Å². The summed E-state index contributed by atoms with van der Waals surface area (Å²) in [6.45, 7) is 13.9. The highest BCUT2D eigenvalue weighted by atomic mass is 16.5. The molecule has 5 atom stereocenters. The van der Waals surface area contributed by atoms with Crippen molar-refractivity contribution < 1.29 is 19.1 Å². The van der Waals surface area contributed by atoms with Gasteiger partial charge in [0.25, 0.3) is 0 Å². The predicted molar refractivity (Wildman–Crippen MR) is 100 cm³/mol. The third kappa shape index (κ3) is 3.44. The molecule has 0 aromatic carbocycles. The Balaban J connectivity index is 1.90. The molecule has 0 radical (unpaired) electrons. The summed E-state index contributed by atoms with van der Waals surface area (Å²) in [7, 11) is 0. The fourth-order valence-electron chi connectivity index (χ4n) is 6.23. The molecule has 2 aliphatic carbocycles. The molecule has 5 unspecified atom stereocenters. The third-order valence-corrected chi connectivity index (χ3v) is 7.64. The van der Waals surface area contributed by atoms with Crippen molar-refractivity contribution in [3.05, 3.63) is 12.2 Å². The summed E-state index contributed by atoms with van der Waals surface area (Å²) in [6.07, 6.45) is 6.24. The maximum absolute atomic E-state index is 11.9. The predicted octanol–water partition coefficient (Wildman–Crippen LogP) is 4.53. The Labute approximate surface area is 157 Å². The number of hydrogen-bond acceptors (Lipinski definition) is 4. The number of fused-ring (bicyclic) bond motifs is 1. The number of esters is 2. The van der Waals surface area contributed by atoms with Crippen LogP contribution >= 0.6 is 0 Å². The molecule has 0 spiro atoms. The highest BCUT2D eigenvalue weighted by Gasteiger charge is 2.57. The number of carbonyl (C=O) groups excluding carboxylic acids is 2. The Morgan fingerprint density at radius 3 is 2.69 bits per heavy atom. The van der Waals surface area contributed by atoms with Gasteiger partial charge in [-0.2, -0.15) is 0 Å². The Hall–Kier alpha value is -1.32. The van der Waals surface area contributed by atoms with E-state index in [1.807, 2.05) is 0 Å². The van der Waals surface area contributed by atoms with Gasteiger partial charge in [-0.25, -0.2) is 0 Å². The molecule has 26 heavy (non-hydrogen) atoms. The standard InChI is InChI=1S/C22H34O4/c1-14-7-6-9-21(3,4)17-8-10-22(5,20(14)17)18-13-26-19(24)11-16(18)12-25-15(2)23/h16-18,20H,1,6-13H2,2-5H3. The van der Waals surface area contributed by atoms with Gasteiger partial charge >= 0.3 is 11.9 Å². The van der Waals surface area contributed by atoms with Crippen molar-refractivity contribution in [1.82, 2.24) is 0 Å². The average molecular weight is 363 g/mol. The van der Waals surface area contributed by atoms with Crippen LogP contribution in [0.5, 0.6) is 0 Å². The first-order valence-electron chi connectivity index (χ1n) is 10.1. The molecule has 2 saturated carbocycles. The van der Waals surface area contributed by atoms with Crippen molar-refractivity contribution in [2.45, 2.75) is 66.2 Å². The number of carbonyl (C=O) groups is 2. The van der Waals surface area contributed by atoms with Gasteiger partial charge in [0.05, 0.1) is 19.6 Å². The second-order valence-electron chi connectivity index (χ2n) is 9.69. The number of rotatable bonds is 3. The van der Waals surface area contributed by atoms with Crippen molar-refractivity contribution in [3.8, 4) is 0 Å². The molecule has 3 fully saturated rings. The minimum Gasteiger partial charge on any atom is -0.466 e. The first-order valence-corrected chi connectivity index (χ1v) is 10.1. The molecule has 0 bridgehead atoms. The van der Waals surface area contributed by atoms with Crippen LogP contribution in [0, 0.1) is 34.5 Å². The van der Waals surface area contributed by atoms with Gasteiger partial charge in [0, 0.05) is 18.8 Å². The average Bonchev–Trinajstić information content (AvgIpc) is 2.86. The zero-order valence-electron chi connectivity index (χ0n) is 16.8. The summed E-state index contributed by atoms with van der Waals surface area (Å²) in [5.41, 5.74) is 1.75. The van der Waals surface area contributed by atoms with Crippen LogP contribution in [0.4, 0.5) is 0 Å². The van der Waals surface area contributed by atoms with Crippen LogP contribution in [-0.4, -0.2) is 25.2 Å².